The van der Waals surface area contributed by atoms with Gasteiger partial charge in [-0.05, 0) is 68.2 Å². The molecule has 1 aliphatic heterocycles. The van der Waals surface area contributed by atoms with Crippen molar-refractivity contribution in [2.45, 2.75) is 19.3 Å². The van der Waals surface area contributed by atoms with Crippen LogP contribution in [0.5, 0.6) is 17.2 Å². The maximum atomic E-state index is 12.9. The molecule has 30 heavy (non-hydrogen) atoms. The van der Waals surface area contributed by atoms with E-state index in [9.17, 15) is 4.79 Å². The molecule has 2 aromatic rings. The Kier molecular flexibility index (Phi) is 7.57. The highest BCUT2D eigenvalue weighted by Crippen LogP contribution is 2.33. The third-order valence-electron chi connectivity index (χ3n) is 5.66. The molecule has 0 spiro atoms. The van der Waals surface area contributed by atoms with Crippen molar-refractivity contribution in [2.75, 3.05) is 54.6 Å². The molecule has 2 aromatic carbocycles. The fourth-order valence-corrected chi connectivity index (χ4v) is 3.86. The number of rotatable bonds is 10. The molecule has 0 radical (unpaired) electrons. The van der Waals surface area contributed by atoms with Crippen LogP contribution in [0.15, 0.2) is 36.4 Å². The summed E-state index contributed by atoms with van der Waals surface area (Å²) in [4.78, 5) is 17.2. The summed E-state index contributed by atoms with van der Waals surface area (Å²) in [5, 5.41) is 0. The zero-order chi connectivity index (χ0) is 21.5. The van der Waals surface area contributed by atoms with Gasteiger partial charge in [-0.15, -0.1) is 0 Å². The summed E-state index contributed by atoms with van der Waals surface area (Å²) in [5.41, 5.74) is 3.03. The molecule has 3 rings (SSSR count). The predicted octanol–water partition coefficient (Wildman–Crippen LogP) is 3.28. The third-order valence-corrected chi connectivity index (χ3v) is 5.66. The van der Waals surface area contributed by atoms with Crippen LogP contribution in [-0.2, 0) is 12.8 Å². The van der Waals surface area contributed by atoms with Crippen LogP contribution < -0.4 is 14.2 Å². The molecule has 1 aliphatic rings. The molecule has 6 nitrogen and oxygen atoms in total. The highest BCUT2D eigenvalue weighted by Gasteiger charge is 2.26. The Morgan fingerprint density at radius 3 is 2.50 bits per heavy atom. The van der Waals surface area contributed by atoms with Gasteiger partial charge in [0, 0.05) is 25.2 Å². The second-order valence-corrected chi connectivity index (χ2v) is 7.66. The van der Waals surface area contributed by atoms with Crippen molar-refractivity contribution >= 4 is 5.91 Å². The van der Waals surface area contributed by atoms with Crippen LogP contribution in [0.1, 0.15) is 27.9 Å². The minimum Gasteiger partial charge on any atom is -0.497 e. The van der Waals surface area contributed by atoms with Gasteiger partial charge in [-0.25, -0.2) is 0 Å². The van der Waals surface area contributed by atoms with E-state index in [-0.39, 0.29) is 5.91 Å². The molecule has 1 heterocycles. The second kappa shape index (κ2) is 10.3. The number of nitrogens with zero attached hydrogens (tertiary/aromatic N) is 2. The van der Waals surface area contributed by atoms with Crippen LogP contribution in [0.3, 0.4) is 0 Å². The molecule has 0 aliphatic carbocycles. The van der Waals surface area contributed by atoms with Gasteiger partial charge < -0.3 is 24.0 Å². The van der Waals surface area contributed by atoms with Crippen molar-refractivity contribution in [2.24, 2.45) is 0 Å². The quantitative estimate of drug-likeness (QED) is 0.600. The summed E-state index contributed by atoms with van der Waals surface area (Å²) in [6.07, 6.45) is 2.77. The Balaban J connectivity index is 1.49. The Morgan fingerprint density at radius 1 is 1.00 bits per heavy atom. The van der Waals surface area contributed by atoms with Crippen LogP contribution in [0.2, 0.25) is 0 Å². The zero-order valence-corrected chi connectivity index (χ0v) is 18.4. The van der Waals surface area contributed by atoms with Crippen molar-refractivity contribution in [3.05, 3.63) is 53.1 Å². The SMILES string of the molecule is COc1cccc(CCN(C)CCCN2CCc3cc(OC)c(OC)cc3C2=O)c1. The molecule has 0 N–H and O–H groups in total. The first kappa shape index (κ1) is 22.0. The molecule has 0 unspecified atom stereocenters. The van der Waals surface area contributed by atoms with Crippen molar-refractivity contribution in [1.29, 1.82) is 0 Å². The van der Waals surface area contributed by atoms with Crippen LogP contribution in [0.4, 0.5) is 0 Å². The van der Waals surface area contributed by atoms with E-state index in [0.717, 1.165) is 62.3 Å². The lowest BCUT2D eigenvalue weighted by atomic mass is 9.98. The van der Waals surface area contributed by atoms with Crippen molar-refractivity contribution < 1.29 is 19.0 Å². The van der Waals surface area contributed by atoms with Gasteiger partial charge in [-0.3, -0.25) is 4.79 Å². The van der Waals surface area contributed by atoms with E-state index >= 15 is 0 Å². The number of benzene rings is 2. The average molecular weight is 413 g/mol. The smallest absolute Gasteiger partial charge is 0.254 e. The number of amides is 1. The van der Waals surface area contributed by atoms with Gasteiger partial charge in [0.25, 0.3) is 5.91 Å². The Hall–Kier alpha value is -2.73. The van der Waals surface area contributed by atoms with Crippen molar-refractivity contribution in [3.8, 4) is 17.2 Å². The first-order valence-corrected chi connectivity index (χ1v) is 10.4. The maximum Gasteiger partial charge on any atom is 0.254 e. The number of hydrogen-bond acceptors (Lipinski definition) is 5. The van der Waals surface area contributed by atoms with Crippen molar-refractivity contribution in [3.63, 3.8) is 0 Å². The summed E-state index contributed by atoms with van der Waals surface area (Å²) in [5.74, 6) is 2.25. The number of methoxy groups -OCH3 is 3. The number of hydrogen-bond donors (Lipinski definition) is 0. The molecule has 0 bridgehead atoms. The van der Waals surface area contributed by atoms with Gasteiger partial charge in [-0.1, -0.05) is 12.1 Å². The molecule has 6 heteroatoms. The lowest BCUT2D eigenvalue weighted by Gasteiger charge is -2.30. The fraction of sp³-hybridized carbons (Fsp3) is 0.458. The number of likely N-dealkylation sites (N-methyl/N-ethyl adjacent to an activating group) is 1. The van der Waals surface area contributed by atoms with Crippen LogP contribution in [0.25, 0.3) is 0 Å². The van der Waals surface area contributed by atoms with E-state index in [1.807, 2.05) is 29.2 Å². The minimum absolute atomic E-state index is 0.0798. The second-order valence-electron chi connectivity index (χ2n) is 7.66. The maximum absolute atomic E-state index is 12.9. The van der Waals surface area contributed by atoms with Crippen LogP contribution >= 0.6 is 0 Å². The molecule has 1 amide bonds. The number of ether oxygens (including phenoxy) is 3. The molecule has 0 fully saturated rings. The molecule has 0 aromatic heterocycles. The Labute approximate surface area is 179 Å². The van der Waals surface area contributed by atoms with Gasteiger partial charge >= 0.3 is 0 Å². The molecule has 162 valence electrons. The van der Waals surface area contributed by atoms with Gasteiger partial charge in [-0.2, -0.15) is 0 Å². The Morgan fingerprint density at radius 2 is 1.77 bits per heavy atom. The first-order chi connectivity index (χ1) is 14.5. The highest BCUT2D eigenvalue weighted by molar-refractivity contribution is 5.97. The monoisotopic (exact) mass is 412 g/mol. The van der Waals surface area contributed by atoms with Crippen LogP contribution in [0, 0.1) is 0 Å². The van der Waals surface area contributed by atoms with Gasteiger partial charge in [0.2, 0.25) is 0 Å². The molecule has 0 saturated heterocycles. The average Bonchev–Trinajstić information content (AvgIpc) is 2.78. The predicted molar refractivity (Wildman–Crippen MR) is 118 cm³/mol. The number of fused-ring (bicyclic) bond motifs is 1. The third kappa shape index (κ3) is 5.25. The molecule has 0 atom stereocenters. The topological polar surface area (TPSA) is 51.2 Å². The Bertz CT molecular complexity index is 868. The summed E-state index contributed by atoms with van der Waals surface area (Å²) in [6.45, 7) is 3.43. The zero-order valence-electron chi connectivity index (χ0n) is 18.4. The fourth-order valence-electron chi connectivity index (χ4n) is 3.86. The molecule has 0 saturated carbocycles. The van der Waals surface area contributed by atoms with Gasteiger partial charge in [0.15, 0.2) is 11.5 Å². The van der Waals surface area contributed by atoms with E-state index < -0.39 is 0 Å². The number of carbonyl (C=O) groups excluding carboxylic acids is 1. The van der Waals surface area contributed by atoms with E-state index in [2.05, 4.69) is 24.1 Å². The van der Waals surface area contributed by atoms with E-state index in [1.54, 1.807) is 21.3 Å². The van der Waals surface area contributed by atoms with E-state index in [0.29, 0.717) is 11.5 Å². The van der Waals surface area contributed by atoms with Crippen molar-refractivity contribution in [1.82, 2.24) is 9.80 Å². The largest absolute Gasteiger partial charge is 0.497 e. The summed E-state index contributed by atoms with van der Waals surface area (Å²) >= 11 is 0. The van der Waals surface area contributed by atoms with E-state index in [4.69, 9.17) is 14.2 Å². The summed E-state index contributed by atoms with van der Waals surface area (Å²) < 4.78 is 16.0. The summed E-state index contributed by atoms with van der Waals surface area (Å²) in [6, 6.07) is 11.9. The summed E-state index contributed by atoms with van der Waals surface area (Å²) in [7, 11) is 7.03. The lowest BCUT2D eigenvalue weighted by molar-refractivity contribution is 0.0732. The van der Waals surface area contributed by atoms with E-state index in [1.165, 1.54) is 5.56 Å². The minimum atomic E-state index is 0.0798. The normalized spacial score (nSPS) is 13.4. The van der Waals surface area contributed by atoms with Gasteiger partial charge in [0.05, 0.1) is 21.3 Å². The first-order valence-electron chi connectivity index (χ1n) is 10.4. The van der Waals surface area contributed by atoms with Gasteiger partial charge in [0.1, 0.15) is 5.75 Å². The van der Waals surface area contributed by atoms with Crippen LogP contribution in [-0.4, -0.2) is 70.3 Å². The lowest BCUT2D eigenvalue weighted by Crippen LogP contribution is -2.39. The highest BCUT2D eigenvalue weighted by atomic mass is 16.5. The molecular weight excluding hydrogens is 380 g/mol. The standard InChI is InChI=1S/C24H32N2O4/c1-25(13-9-18-7-5-8-20(15-18)28-2)11-6-12-26-14-10-19-16-22(29-3)23(30-4)17-21(19)24(26)27/h5,7-8,15-17H,6,9-14H2,1-4H3. The molecular formula is C24H32N2O4. The number of carbonyl (C=O) groups is 1.